The van der Waals surface area contributed by atoms with Crippen LogP contribution in [0.3, 0.4) is 0 Å². The molecule has 12 nitrogen and oxygen atoms in total. The molecule has 0 heterocycles. The van der Waals surface area contributed by atoms with Gasteiger partial charge in [-0.25, -0.2) is 0 Å². The molecule has 0 unspecified atom stereocenters. The Morgan fingerprint density at radius 2 is 1.02 bits per heavy atom. The Balaban J connectivity index is -0.000000297. The number of aliphatic carboxylic acids is 4. The van der Waals surface area contributed by atoms with Gasteiger partial charge in [0, 0.05) is 12.8 Å². The van der Waals surface area contributed by atoms with Gasteiger partial charge in [0.25, 0.3) is 0 Å². The number of nitrogens with two attached hydrogens (primary N) is 3. The molecule has 9 N–H and O–H groups in total. The number of benzene rings is 1. The van der Waals surface area contributed by atoms with Crippen LogP contribution >= 0.6 is 0 Å². The van der Waals surface area contributed by atoms with E-state index in [1.54, 1.807) is 0 Å². The highest BCUT2D eigenvalue weighted by Gasteiger charge is 2.30. The average molecular weight is 749 g/mol. The van der Waals surface area contributed by atoms with Crippen LogP contribution in [0.1, 0.15) is 25.8 Å². The Morgan fingerprint density at radius 3 is 1.31 bits per heavy atom. The number of hydrogen-bond acceptors (Lipinski definition) is 8. The summed E-state index contributed by atoms with van der Waals surface area (Å²) < 4.78 is 126. The molecule has 2 atom stereocenters. The van der Waals surface area contributed by atoms with Gasteiger partial charge in [-0.15, -0.1) is 0 Å². The van der Waals surface area contributed by atoms with Crippen molar-refractivity contribution >= 4 is 23.9 Å². The van der Waals surface area contributed by atoms with Gasteiger partial charge in [0.2, 0.25) is 0 Å². The van der Waals surface area contributed by atoms with Gasteiger partial charge >= 0.3 is 24.7 Å². The van der Waals surface area contributed by atoms with Crippen molar-refractivity contribution in [3.63, 3.8) is 0 Å². The van der Waals surface area contributed by atoms with Crippen molar-refractivity contribution in [1.82, 2.24) is 0 Å². The van der Waals surface area contributed by atoms with E-state index in [-0.39, 0.29) is 0 Å². The van der Waals surface area contributed by atoms with E-state index in [4.69, 9.17) is 39.6 Å². The summed E-state index contributed by atoms with van der Waals surface area (Å²) in [4.78, 5) is 35.1. The van der Waals surface area contributed by atoms with Crippen LogP contribution in [-0.2, 0) is 25.6 Å². The smallest absolute Gasteiger partial charge is 0.430 e. The van der Waals surface area contributed by atoms with Crippen LogP contribution in [0.5, 0.6) is 0 Å². The molecule has 49 heavy (non-hydrogen) atoms. The molecule has 0 aliphatic carbocycles. The van der Waals surface area contributed by atoms with Gasteiger partial charge in [-0.2, -0.15) is 52.7 Å². The van der Waals surface area contributed by atoms with Crippen LogP contribution in [0.2, 0.25) is 0 Å². The van der Waals surface area contributed by atoms with Crippen molar-refractivity contribution < 1.29 is 114 Å². The third-order valence-electron chi connectivity index (χ3n) is 4.87. The molecule has 0 aliphatic heterocycles. The van der Waals surface area contributed by atoms with E-state index in [9.17, 15) is 52.7 Å². The Morgan fingerprint density at radius 1 is 0.673 bits per heavy atom. The summed E-state index contributed by atoms with van der Waals surface area (Å²) in [5.74, 6) is -12.0. The van der Waals surface area contributed by atoms with Crippen molar-refractivity contribution in [2.75, 3.05) is 32.7 Å². The number of carbonyl (C=O) groups is 4. The van der Waals surface area contributed by atoms with E-state index < -0.39 is 48.6 Å². The minimum Gasteiger partial charge on any atom is -0.542 e. The number of carboxylic acids is 4. The van der Waals surface area contributed by atoms with Crippen LogP contribution < -0.4 is 42.1 Å². The zero-order valence-corrected chi connectivity index (χ0v) is 25.7. The van der Waals surface area contributed by atoms with Crippen LogP contribution in [0, 0.1) is 0 Å². The topological polar surface area (TPSA) is 238 Å². The number of halogens is 12. The maximum absolute atomic E-state index is 10.5. The molecule has 0 radical (unpaired) electrons. The van der Waals surface area contributed by atoms with E-state index >= 15 is 0 Å². The SMILES string of the molecule is CC[NH2+][C@@H](C)C[NH2+][C@H](C[NH2+]CCC[NH3+])Cc1ccccc1.O=C([O-])C(F)(F)F.O=C([O-])C(F)(F)F.O=C([O-])C(F)(F)F.O=C([O-])C(F)(F)F. The second kappa shape index (κ2) is 26.0. The van der Waals surface area contributed by atoms with Gasteiger partial charge in [0.05, 0.1) is 19.6 Å². The van der Waals surface area contributed by atoms with E-state index in [1.807, 2.05) is 0 Å². The van der Waals surface area contributed by atoms with Crippen molar-refractivity contribution in [3.05, 3.63) is 35.9 Å². The van der Waals surface area contributed by atoms with Crippen molar-refractivity contribution in [2.24, 2.45) is 0 Å². The summed E-state index contributed by atoms with van der Waals surface area (Å²) in [6, 6.07) is 12.3. The first-order valence-corrected chi connectivity index (χ1v) is 13.5. The lowest BCUT2D eigenvalue weighted by Gasteiger charge is -2.16. The second-order valence-corrected chi connectivity index (χ2v) is 9.20. The molecule has 1 aromatic carbocycles. The molecule has 0 saturated carbocycles. The van der Waals surface area contributed by atoms with Gasteiger partial charge in [-0.05, 0) is 19.4 Å². The third kappa shape index (κ3) is 36.8. The van der Waals surface area contributed by atoms with E-state index in [2.05, 4.69) is 65.9 Å². The van der Waals surface area contributed by atoms with E-state index in [0.717, 1.165) is 6.54 Å². The maximum Gasteiger partial charge on any atom is 0.430 e. The van der Waals surface area contributed by atoms with Crippen molar-refractivity contribution in [2.45, 2.75) is 63.5 Å². The summed E-state index contributed by atoms with van der Waals surface area (Å²) >= 11 is 0. The molecule has 1 rings (SSSR count). The number of alkyl halides is 12. The maximum atomic E-state index is 10.5. The first-order chi connectivity index (χ1) is 22.0. The summed E-state index contributed by atoms with van der Waals surface area (Å²) in [7, 11) is 0. The lowest BCUT2D eigenvalue weighted by Crippen LogP contribution is -3.04. The highest BCUT2D eigenvalue weighted by Crippen LogP contribution is 2.13. The first-order valence-electron chi connectivity index (χ1n) is 13.5. The Hall–Kier alpha value is -3.90. The summed E-state index contributed by atoms with van der Waals surface area (Å²) in [5, 5.41) is 42.6. The molecule has 0 bridgehead atoms. The Kier molecular flexibility index (Phi) is 27.6. The number of rotatable bonds is 12. The monoisotopic (exact) mass is 748 g/mol. The molecule has 1 aromatic rings. The fraction of sp³-hybridized carbons (Fsp3) is 0.600. The van der Waals surface area contributed by atoms with Crippen LogP contribution in [0.25, 0.3) is 0 Å². The average Bonchev–Trinajstić information content (AvgIpc) is 2.94. The lowest BCUT2D eigenvalue weighted by molar-refractivity contribution is -0.784. The van der Waals surface area contributed by atoms with Gasteiger partial charge in [0.15, 0.2) is 0 Å². The minimum atomic E-state index is -5.19. The molecule has 0 spiro atoms. The molecule has 0 fully saturated rings. The van der Waals surface area contributed by atoms with Gasteiger partial charge < -0.3 is 61.3 Å². The van der Waals surface area contributed by atoms with Gasteiger partial charge in [0.1, 0.15) is 49.1 Å². The van der Waals surface area contributed by atoms with Crippen molar-refractivity contribution in [1.29, 1.82) is 0 Å². The fourth-order valence-corrected chi connectivity index (χ4v) is 2.71. The standard InChI is InChI=1S/C17H32N4.4C2HF3O2/c1-3-20-15(2)13-21-17(14-19-11-7-10-18)12-16-8-5-4-6-9-16;4*3-2(4,5)1(6)7/h4-6,8-9,15,17,19-21H,3,7,10-14,18H2,1-2H3;4*(H,6,7)/t15-,17-;;;;/m0..../s1. The predicted octanol–water partition coefficient (Wildman–Crippen LogP) is -5.48. The number of quaternary nitrogens is 4. The molecule has 0 saturated heterocycles. The molecule has 288 valence electrons. The summed E-state index contributed by atoms with van der Waals surface area (Å²) in [6.07, 6.45) is -18.4. The molecule has 0 aromatic heterocycles. The van der Waals surface area contributed by atoms with Crippen LogP contribution in [-0.4, -0.2) is 93.4 Å². The fourth-order valence-electron chi connectivity index (χ4n) is 2.71. The number of hydrogen-bond donors (Lipinski definition) is 4. The number of carbonyl (C=O) groups excluding carboxylic acids is 4. The molecule has 0 aliphatic rings. The van der Waals surface area contributed by atoms with Gasteiger partial charge in [-0.1, -0.05) is 30.3 Å². The summed E-state index contributed by atoms with van der Waals surface area (Å²) in [6.45, 7) is 10.4. The van der Waals surface area contributed by atoms with E-state index in [1.165, 1.54) is 44.6 Å². The van der Waals surface area contributed by atoms with E-state index in [0.29, 0.717) is 12.1 Å². The van der Waals surface area contributed by atoms with Crippen molar-refractivity contribution in [3.8, 4) is 0 Å². The normalized spacial score (nSPS) is 12.5. The zero-order chi connectivity index (χ0) is 39.6. The molecule has 0 amide bonds. The second-order valence-electron chi connectivity index (χ2n) is 9.20. The molecular formula is C25H36F12N4O8. The number of likely N-dealkylation sites (N-methyl/N-ethyl adjacent to an activating group) is 1. The Bertz CT molecular complexity index is 960. The van der Waals surface area contributed by atoms with Crippen LogP contribution in [0.15, 0.2) is 30.3 Å². The third-order valence-corrected chi connectivity index (χ3v) is 4.87. The predicted molar refractivity (Wildman–Crippen MR) is 131 cm³/mol. The highest BCUT2D eigenvalue weighted by atomic mass is 19.4. The van der Waals surface area contributed by atoms with Gasteiger partial charge in [-0.3, -0.25) is 0 Å². The minimum absolute atomic E-state index is 0.671. The number of carboxylic acid groups (broad SMARTS) is 4. The summed E-state index contributed by atoms with van der Waals surface area (Å²) in [5.41, 5.74) is 5.37. The highest BCUT2D eigenvalue weighted by molar-refractivity contribution is 5.71. The quantitative estimate of drug-likeness (QED) is 0.119. The molecule has 24 heteroatoms. The Labute approximate surface area is 270 Å². The lowest BCUT2D eigenvalue weighted by atomic mass is 10.1. The van der Waals surface area contributed by atoms with Crippen LogP contribution in [0.4, 0.5) is 52.7 Å². The largest absolute Gasteiger partial charge is 0.542 e. The first kappa shape index (κ1) is 51.9. The molecular weight excluding hydrogens is 712 g/mol. The zero-order valence-electron chi connectivity index (χ0n) is 25.7.